The molecule has 0 unspecified atom stereocenters. The van der Waals surface area contributed by atoms with Gasteiger partial charge < -0.3 is 10.3 Å². The van der Waals surface area contributed by atoms with Gasteiger partial charge in [-0.15, -0.1) is 0 Å². The summed E-state index contributed by atoms with van der Waals surface area (Å²) in [4.78, 5) is 0. The number of aryl methyl sites for hydroxylation is 2. The number of phenolic OH excluding ortho intramolecular Hbond substituents is 1. The first kappa shape index (κ1) is 14.6. The first-order chi connectivity index (χ1) is 9.67. The third-order valence-corrected chi connectivity index (χ3v) is 3.73. The molecule has 0 bridgehead atoms. The summed E-state index contributed by atoms with van der Waals surface area (Å²) in [6, 6.07) is 5.91. The molecular weight excluding hydrogens is 250 g/mol. The molecule has 0 spiro atoms. The lowest BCUT2D eigenvalue weighted by molar-refractivity contribution is -0.577. The predicted octanol–water partition coefficient (Wildman–Crippen LogP) is 3.86. The number of fused-ring (bicyclic) bond motifs is 1. The van der Waals surface area contributed by atoms with Gasteiger partial charge in [-0.2, -0.15) is 4.73 Å². The van der Waals surface area contributed by atoms with Gasteiger partial charge in [-0.25, -0.2) is 0 Å². The van der Waals surface area contributed by atoms with Gasteiger partial charge in [0, 0.05) is 11.1 Å². The Morgan fingerprint density at radius 1 is 1.10 bits per heavy atom. The van der Waals surface area contributed by atoms with E-state index in [0.29, 0.717) is 5.52 Å². The van der Waals surface area contributed by atoms with E-state index in [0.717, 1.165) is 59.8 Å². The van der Waals surface area contributed by atoms with Crippen molar-refractivity contribution in [3.05, 3.63) is 40.7 Å². The van der Waals surface area contributed by atoms with Gasteiger partial charge in [0.05, 0.1) is 5.39 Å². The third-order valence-electron chi connectivity index (χ3n) is 3.73. The van der Waals surface area contributed by atoms with Crippen molar-refractivity contribution in [2.75, 3.05) is 0 Å². The summed E-state index contributed by atoms with van der Waals surface area (Å²) in [5.41, 5.74) is 2.30. The number of benzene rings is 1. The maximum absolute atomic E-state index is 12.2. The quantitative estimate of drug-likeness (QED) is 0.641. The summed E-state index contributed by atoms with van der Waals surface area (Å²) in [6.45, 7) is 4.25. The van der Waals surface area contributed by atoms with E-state index in [9.17, 15) is 10.3 Å². The Hall–Kier alpha value is -1.77. The fraction of sp³-hybridized carbons (Fsp3) is 0.471. The van der Waals surface area contributed by atoms with Crippen LogP contribution in [0.1, 0.15) is 50.7 Å². The van der Waals surface area contributed by atoms with Crippen molar-refractivity contribution in [2.45, 2.75) is 52.4 Å². The highest BCUT2D eigenvalue weighted by molar-refractivity contribution is 5.83. The Labute approximate surface area is 120 Å². The van der Waals surface area contributed by atoms with E-state index in [2.05, 4.69) is 13.8 Å². The van der Waals surface area contributed by atoms with Crippen LogP contribution < -0.4 is 4.73 Å². The SMILES string of the molecule is CCCCc1cc2ccc(CCCC)c(O)c2[n+]([O-])c1. The summed E-state index contributed by atoms with van der Waals surface area (Å²) < 4.78 is 0.825. The largest absolute Gasteiger partial charge is 0.618 e. The van der Waals surface area contributed by atoms with E-state index < -0.39 is 0 Å². The highest BCUT2D eigenvalue weighted by Crippen LogP contribution is 2.28. The maximum atomic E-state index is 12.2. The lowest BCUT2D eigenvalue weighted by atomic mass is 10.0. The highest BCUT2D eigenvalue weighted by atomic mass is 16.5. The Morgan fingerprint density at radius 3 is 2.50 bits per heavy atom. The molecule has 1 heterocycles. The number of unbranched alkanes of at least 4 members (excludes halogenated alkanes) is 2. The molecule has 20 heavy (non-hydrogen) atoms. The van der Waals surface area contributed by atoms with Crippen LogP contribution in [0.2, 0.25) is 0 Å². The molecule has 108 valence electrons. The molecule has 1 aromatic heterocycles. The fourth-order valence-electron chi connectivity index (χ4n) is 2.52. The summed E-state index contributed by atoms with van der Waals surface area (Å²) in [6.07, 6.45) is 7.60. The zero-order valence-electron chi connectivity index (χ0n) is 12.4. The zero-order chi connectivity index (χ0) is 14.5. The van der Waals surface area contributed by atoms with Crippen LogP contribution in [0.5, 0.6) is 5.75 Å². The second-order valence-corrected chi connectivity index (χ2v) is 5.39. The van der Waals surface area contributed by atoms with Crippen LogP contribution in [0.3, 0.4) is 0 Å². The number of rotatable bonds is 6. The number of phenols is 1. The van der Waals surface area contributed by atoms with Crippen molar-refractivity contribution >= 4 is 10.9 Å². The van der Waals surface area contributed by atoms with E-state index in [-0.39, 0.29) is 5.75 Å². The number of pyridine rings is 1. The van der Waals surface area contributed by atoms with Crippen LogP contribution >= 0.6 is 0 Å². The van der Waals surface area contributed by atoms with Crippen LogP contribution in [0.15, 0.2) is 24.4 Å². The first-order valence-corrected chi connectivity index (χ1v) is 7.54. The van der Waals surface area contributed by atoms with E-state index in [4.69, 9.17) is 0 Å². The molecule has 2 rings (SSSR count). The molecule has 0 aliphatic rings. The molecule has 1 aromatic carbocycles. The summed E-state index contributed by atoms with van der Waals surface area (Å²) in [5.74, 6) is 0.146. The maximum Gasteiger partial charge on any atom is 0.266 e. The Bertz CT molecular complexity index is 593. The van der Waals surface area contributed by atoms with Crippen LogP contribution in [0.4, 0.5) is 0 Å². The molecule has 3 heteroatoms. The van der Waals surface area contributed by atoms with E-state index in [1.54, 1.807) is 6.20 Å². The number of nitrogens with zero attached hydrogens (tertiary/aromatic N) is 1. The molecule has 0 radical (unpaired) electrons. The Morgan fingerprint density at radius 2 is 1.80 bits per heavy atom. The van der Waals surface area contributed by atoms with Gasteiger partial charge in [-0.05, 0) is 37.8 Å². The molecule has 0 saturated heterocycles. The minimum absolute atomic E-state index is 0.146. The minimum atomic E-state index is 0.146. The molecule has 0 atom stereocenters. The monoisotopic (exact) mass is 273 g/mol. The van der Waals surface area contributed by atoms with Gasteiger partial charge in [0.1, 0.15) is 0 Å². The number of hydrogen-bond acceptors (Lipinski definition) is 2. The molecular formula is C17H23NO2. The Balaban J connectivity index is 2.42. The lowest BCUT2D eigenvalue weighted by Crippen LogP contribution is -2.27. The fourth-order valence-corrected chi connectivity index (χ4v) is 2.52. The highest BCUT2D eigenvalue weighted by Gasteiger charge is 2.15. The van der Waals surface area contributed by atoms with E-state index in [1.807, 2.05) is 18.2 Å². The molecule has 0 saturated carbocycles. The van der Waals surface area contributed by atoms with Gasteiger partial charge in [-0.3, -0.25) is 0 Å². The van der Waals surface area contributed by atoms with Gasteiger partial charge in [0.2, 0.25) is 0 Å². The number of hydrogen-bond donors (Lipinski definition) is 1. The minimum Gasteiger partial charge on any atom is -0.618 e. The molecule has 1 N–H and O–H groups in total. The summed E-state index contributed by atoms with van der Waals surface area (Å²) in [5, 5.41) is 23.3. The van der Waals surface area contributed by atoms with Crippen LogP contribution in [-0.2, 0) is 12.8 Å². The number of aromatic hydroxyl groups is 1. The molecule has 0 amide bonds. The molecule has 0 aliphatic carbocycles. The third kappa shape index (κ3) is 3.03. The van der Waals surface area contributed by atoms with Gasteiger partial charge >= 0.3 is 0 Å². The van der Waals surface area contributed by atoms with Gasteiger partial charge in [-0.1, -0.05) is 32.8 Å². The second-order valence-electron chi connectivity index (χ2n) is 5.39. The van der Waals surface area contributed by atoms with E-state index in [1.165, 1.54) is 0 Å². The van der Waals surface area contributed by atoms with Crippen molar-refractivity contribution in [3.63, 3.8) is 0 Å². The smallest absolute Gasteiger partial charge is 0.266 e. The lowest BCUT2D eigenvalue weighted by Gasteiger charge is -2.09. The second kappa shape index (κ2) is 6.60. The summed E-state index contributed by atoms with van der Waals surface area (Å²) in [7, 11) is 0. The van der Waals surface area contributed by atoms with Crippen molar-refractivity contribution < 1.29 is 9.84 Å². The molecule has 0 aliphatic heterocycles. The van der Waals surface area contributed by atoms with Crippen molar-refractivity contribution in [1.82, 2.24) is 0 Å². The normalized spacial score (nSPS) is 11.1. The predicted molar refractivity (Wildman–Crippen MR) is 81.8 cm³/mol. The van der Waals surface area contributed by atoms with Crippen molar-refractivity contribution in [3.8, 4) is 5.75 Å². The van der Waals surface area contributed by atoms with Crippen LogP contribution in [0.25, 0.3) is 10.9 Å². The zero-order valence-corrected chi connectivity index (χ0v) is 12.4. The summed E-state index contributed by atoms with van der Waals surface area (Å²) >= 11 is 0. The first-order valence-electron chi connectivity index (χ1n) is 7.54. The molecule has 2 aromatic rings. The van der Waals surface area contributed by atoms with E-state index >= 15 is 0 Å². The van der Waals surface area contributed by atoms with Gasteiger partial charge in [0.25, 0.3) is 5.52 Å². The van der Waals surface area contributed by atoms with Crippen LogP contribution in [-0.4, -0.2) is 5.11 Å². The average molecular weight is 273 g/mol. The van der Waals surface area contributed by atoms with Gasteiger partial charge in [0.15, 0.2) is 11.9 Å². The molecule has 3 nitrogen and oxygen atoms in total. The van der Waals surface area contributed by atoms with Crippen molar-refractivity contribution in [2.24, 2.45) is 0 Å². The van der Waals surface area contributed by atoms with Crippen LogP contribution in [0, 0.1) is 5.21 Å². The molecule has 0 fully saturated rings. The topological polar surface area (TPSA) is 47.2 Å². The van der Waals surface area contributed by atoms with Crippen molar-refractivity contribution in [1.29, 1.82) is 0 Å². The Kier molecular flexibility index (Phi) is 4.83. The average Bonchev–Trinajstić information content (AvgIpc) is 2.44. The standard InChI is InChI=1S/C17H23NO2/c1-3-5-7-13-11-15-10-9-14(8-6-4-2)17(19)16(15)18(20)12-13/h9-12,19H,3-8H2,1-2H3. The number of aromatic nitrogens is 1.